The summed E-state index contributed by atoms with van der Waals surface area (Å²) in [6.07, 6.45) is 10.4. The van der Waals surface area contributed by atoms with E-state index >= 15 is 0 Å². The minimum absolute atomic E-state index is 0.132. The Morgan fingerprint density at radius 2 is 2.06 bits per heavy atom. The fourth-order valence-electron chi connectivity index (χ4n) is 4.44. The van der Waals surface area contributed by atoms with E-state index in [1.807, 2.05) is 20.0 Å². The Hall–Kier alpha value is -3.56. The van der Waals surface area contributed by atoms with Crippen LogP contribution < -0.4 is 10.1 Å². The van der Waals surface area contributed by atoms with Gasteiger partial charge in [-0.25, -0.2) is 19.9 Å². The van der Waals surface area contributed by atoms with E-state index in [4.69, 9.17) is 4.74 Å². The Bertz CT molecular complexity index is 1190. The zero-order valence-corrected chi connectivity index (χ0v) is 19.4. The molecule has 2 atom stereocenters. The number of aryl methyl sites for hydroxylation is 2. The van der Waals surface area contributed by atoms with Crippen LogP contribution in [0.1, 0.15) is 61.5 Å². The molecular weight excluding hydrogens is 434 g/mol. The van der Waals surface area contributed by atoms with Gasteiger partial charge in [-0.2, -0.15) is 5.10 Å². The zero-order valence-electron chi connectivity index (χ0n) is 19.4. The molecule has 0 unspecified atom stereocenters. The van der Waals surface area contributed by atoms with Crippen LogP contribution in [0.25, 0.3) is 11.4 Å². The third kappa shape index (κ3) is 4.85. The summed E-state index contributed by atoms with van der Waals surface area (Å²) in [5.41, 5.74) is 3.55. The van der Waals surface area contributed by atoms with Gasteiger partial charge in [-0.1, -0.05) is 0 Å². The third-order valence-electron chi connectivity index (χ3n) is 6.59. The Labute approximate surface area is 197 Å². The highest BCUT2D eigenvalue weighted by molar-refractivity contribution is 5.70. The predicted molar refractivity (Wildman–Crippen MR) is 124 cm³/mol. The number of carbonyl (C=O) groups is 1. The van der Waals surface area contributed by atoms with Crippen molar-refractivity contribution in [1.29, 1.82) is 0 Å². The number of carboxylic acid groups (broad SMARTS) is 1. The van der Waals surface area contributed by atoms with Gasteiger partial charge in [-0.3, -0.25) is 9.48 Å². The molecule has 0 radical (unpaired) electrons. The van der Waals surface area contributed by atoms with E-state index in [0.717, 1.165) is 29.8 Å². The minimum Gasteiger partial charge on any atom is -0.487 e. The quantitative estimate of drug-likeness (QED) is 0.516. The number of carboxylic acids is 1. The highest BCUT2D eigenvalue weighted by atomic mass is 16.5. The van der Waals surface area contributed by atoms with E-state index in [1.165, 1.54) is 12.8 Å². The van der Waals surface area contributed by atoms with Crippen LogP contribution in [0.2, 0.25) is 0 Å². The number of ether oxygens (including phenoxy) is 1. The molecule has 2 aliphatic rings. The first-order valence-electron chi connectivity index (χ1n) is 11.8. The minimum atomic E-state index is -0.751. The van der Waals surface area contributed by atoms with Gasteiger partial charge in [-0.05, 0) is 51.5 Å². The van der Waals surface area contributed by atoms with Gasteiger partial charge >= 0.3 is 5.97 Å². The Kier molecular flexibility index (Phi) is 6.12. The normalized spacial score (nSPS) is 20.2. The average Bonchev–Trinajstić information content (AvgIpc) is 3.62. The molecule has 2 aliphatic carbocycles. The van der Waals surface area contributed by atoms with Crippen molar-refractivity contribution >= 4 is 11.9 Å². The van der Waals surface area contributed by atoms with Crippen molar-refractivity contribution in [1.82, 2.24) is 29.7 Å². The summed E-state index contributed by atoms with van der Waals surface area (Å²) < 4.78 is 7.89. The summed E-state index contributed by atoms with van der Waals surface area (Å²) in [5, 5.41) is 17.0. The number of hydrogen-bond donors (Lipinski definition) is 2. The molecular formula is C24H29N7O3. The monoisotopic (exact) mass is 463 g/mol. The highest BCUT2D eigenvalue weighted by Crippen LogP contribution is 2.39. The number of aromatic nitrogens is 6. The molecule has 0 saturated heterocycles. The molecule has 34 heavy (non-hydrogen) atoms. The molecule has 178 valence electrons. The maximum atomic E-state index is 11.3. The summed E-state index contributed by atoms with van der Waals surface area (Å²) in [6.45, 7) is 2.36. The van der Waals surface area contributed by atoms with Crippen LogP contribution in [-0.4, -0.2) is 46.9 Å². The van der Waals surface area contributed by atoms with E-state index in [9.17, 15) is 9.90 Å². The molecule has 3 aromatic heterocycles. The standard InChI is InChI=1S/C24H29N7O3/c1-14-21(34-17-5-3-4-16(10-17)23(32)33)13-26-22(29-14)18-11-28-31(2)20(18)12-27-24-25-9-8-19(30-24)15-6-7-15/h8-9,11,13,15-17H,3-7,10,12H2,1-2H3,(H,32,33)(H,25,27,30)/t16-,17-/m0/s1. The molecule has 3 heterocycles. The Morgan fingerprint density at radius 3 is 2.82 bits per heavy atom. The van der Waals surface area contributed by atoms with Crippen LogP contribution in [0.3, 0.4) is 0 Å². The number of nitrogens with zero attached hydrogens (tertiary/aromatic N) is 6. The summed E-state index contributed by atoms with van der Waals surface area (Å²) in [4.78, 5) is 29.5. The SMILES string of the molecule is Cc1nc(-c2cnn(C)c2CNc2nccc(C3CC3)n2)ncc1O[C@H]1CCC[C@H](C(=O)O)C1. The van der Waals surface area contributed by atoms with Crippen molar-refractivity contribution in [3.8, 4) is 17.1 Å². The third-order valence-corrected chi connectivity index (χ3v) is 6.59. The van der Waals surface area contributed by atoms with Crippen molar-refractivity contribution in [3.05, 3.63) is 41.7 Å². The van der Waals surface area contributed by atoms with Crippen LogP contribution in [0.4, 0.5) is 5.95 Å². The van der Waals surface area contributed by atoms with Crippen molar-refractivity contribution < 1.29 is 14.6 Å². The molecule has 0 bridgehead atoms. The lowest BCUT2D eigenvalue weighted by Crippen LogP contribution is -2.29. The summed E-state index contributed by atoms with van der Waals surface area (Å²) >= 11 is 0. The van der Waals surface area contributed by atoms with E-state index in [1.54, 1.807) is 23.3 Å². The summed E-state index contributed by atoms with van der Waals surface area (Å²) in [7, 11) is 1.88. The molecule has 2 saturated carbocycles. The van der Waals surface area contributed by atoms with E-state index in [-0.39, 0.29) is 12.0 Å². The summed E-state index contributed by atoms with van der Waals surface area (Å²) in [5.74, 6) is 1.22. The second-order valence-electron chi connectivity index (χ2n) is 9.15. The number of rotatable bonds is 8. The van der Waals surface area contributed by atoms with Gasteiger partial charge in [0, 0.05) is 24.9 Å². The van der Waals surface area contributed by atoms with Crippen molar-refractivity contribution in [2.75, 3.05) is 5.32 Å². The Balaban J connectivity index is 1.29. The maximum absolute atomic E-state index is 11.3. The van der Waals surface area contributed by atoms with Crippen LogP contribution >= 0.6 is 0 Å². The number of nitrogens with one attached hydrogen (secondary N) is 1. The fourth-order valence-corrected chi connectivity index (χ4v) is 4.44. The van der Waals surface area contributed by atoms with Crippen LogP contribution in [0, 0.1) is 12.8 Å². The lowest BCUT2D eigenvalue weighted by atomic mass is 9.87. The number of hydrogen-bond acceptors (Lipinski definition) is 8. The number of anilines is 1. The average molecular weight is 464 g/mol. The second-order valence-corrected chi connectivity index (χ2v) is 9.15. The number of aliphatic carboxylic acids is 1. The second kappa shape index (κ2) is 9.36. The lowest BCUT2D eigenvalue weighted by Gasteiger charge is -2.27. The molecule has 10 heteroatoms. The molecule has 10 nitrogen and oxygen atoms in total. The lowest BCUT2D eigenvalue weighted by molar-refractivity contribution is -0.143. The summed E-state index contributed by atoms with van der Waals surface area (Å²) in [6, 6.07) is 1.98. The molecule has 0 spiro atoms. The van der Waals surface area contributed by atoms with Crippen LogP contribution in [0.5, 0.6) is 5.75 Å². The van der Waals surface area contributed by atoms with Gasteiger partial charge in [-0.15, -0.1) is 0 Å². The molecule has 5 rings (SSSR count). The smallest absolute Gasteiger partial charge is 0.306 e. The molecule has 2 N–H and O–H groups in total. The van der Waals surface area contributed by atoms with Gasteiger partial charge in [0.2, 0.25) is 5.95 Å². The molecule has 3 aromatic rings. The topological polar surface area (TPSA) is 128 Å². The van der Waals surface area contributed by atoms with Crippen molar-refractivity contribution in [2.45, 2.75) is 64.0 Å². The Morgan fingerprint density at radius 1 is 1.21 bits per heavy atom. The predicted octanol–water partition coefficient (Wildman–Crippen LogP) is 3.49. The molecule has 0 aromatic carbocycles. The van der Waals surface area contributed by atoms with Gasteiger partial charge in [0.1, 0.15) is 0 Å². The molecule has 0 amide bonds. The maximum Gasteiger partial charge on any atom is 0.306 e. The molecule has 2 fully saturated rings. The van der Waals surface area contributed by atoms with Crippen LogP contribution in [0.15, 0.2) is 24.7 Å². The van der Waals surface area contributed by atoms with Gasteiger partial charge in [0.05, 0.1) is 47.9 Å². The van der Waals surface area contributed by atoms with Crippen molar-refractivity contribution in [3.63, 3.8) is 0 Å². The van der Waals surface area contributed by atoms with E-state index < -0.39 is 5.97 Å². The van der Waals surface area contributed by atoms with Gasteiger partial charge in [0.15, 0.2) is 11.6 Å². The van der Waals surface area contributed by atoms with Crippen LogP contribution in [-0.2, 0) is 18.4 Å². The zero-order chi connectivity index (χ0) is 23.7. The largest absolute Gasteiger partial charge is 0.487 e. The van der Waals surface area contributed by atoms with E-state index in [0.29, 0.717) is 48.5 Å². The first-order chi connectivity index (χ1) is 16.5. The van der Waals surface area contributed by atoms with Gasteiger partial charge < -0.3 is 15.2 Å². The first kappa shape index (κ1) is 22.2. The van der Waals surface area contributed by atoms with E-state index in [2.05, 4.69) is 30.4 Å². The highest BCUT2D eigenvalue weighted by Gasteiger charge is 2.29. The first-order valence-corrected chi connectivity index (χ1v) is 11.8. The van der Waals surface area contributed by atoms with Crippen molar-refractivity contribution in [2.24, 2.45) is 13.0 Å². The van der Waals surface area contributed by atoms with Gasteiger partial charge in [0.25, 0.3) is 0 Å². The fraction of sp³-hybridized carbons (Fsp3) is 0.500. The molecule has 0 aliphatic heterocycles.